The predicted molar refractivity (Wildman–Crippen MR) is 110 cm³/mol. The van der Waals surface area contributed by atoms with Crippen LogP contribution in [0.1, 0.15) is 11.1 Å². The van der Waals surface area contributed by atoms with Gasteiger partial charge < -0.3 is 10.5 Å². The molecule has 0 saturated heterocycles. The van der Waals surface area contributed by atoms with Gasteiger partial charge in [-0.15, -0.1) is 0 Å². The second kappa shape index (κ2) is 7.05. The molecule has 0 saturated carbocycles. The van der Waals surface area contributed by atoms with Crippen molar-refractivity contribution < 1.29 is 13.9 Å². The van der Waals surface area contributed by atoms with Gasteiger partial charge in [0.05, 0.1) is 7.11 Å². The standard InChI is InChI=1S/C23H20FN3O2/c1-27-21(28)23(26-22(27)25,16-8-4-3-5-9-16)17-11-12-20(24)19(14-17)15-7-6-10-18(13-15)29-2/h3-14H,1-2H3,(H2,25,26). The molecule has 2 N–H and O–H groups in total. The molecule has 6 heteroatoms. The third kappa shape index (κ3) is 2.93. The van der Waals surface area contributed by atoms with Crippen molar-refractivity contribution in [3.05, 3.63) is 89.7 Å². The van der Waals surface area contributed by atoms with Crippen LogP contribution in [0.3, 0.4) is 0 Å². The van der Waals surface area contributed by atoms with Crippen LogP contribution in [-0.4, -0.2) is 30.9 Å². The molecule has 3 aromatic rings. The Bertz CT molecular complexity index is 1110. The number of benzene rings is 3. The van der Waals surface area contributed by atoms with E-state index >= 15 is 0 Å². The highest BCUT2D eigenvalue weighted by Crippen LogP contribution is 2.41. The molecule has 0 bridgehead atoms. The van der Waals surface area contributed by atoms with E-state index in [0.29, 0.717) is 28.0 Å². The van der Waals surface area contributed by atoms with Crippen LogP contribution in [0, 0.1) is 5.82 Å². The van der Waals surface area contributed by atoms with E-state index in [9.17, 15) is 9.18 Å². The van der Waals surface area contributed by atoms with Crippen LogP contribution in [0.25, 0.3) is 11.1 Å². The van der Waals surface area contributed by atoms with E-state index in [4.69, 9.17) is 10.5 Å². The summed E-state index contributed by atoms with van der Waals surface area (Å²) in [6, 6.07) is 20.9. The van der Waals surface area contributed by atoms with Crippen molar-refractivity contribution in [3.63, 3.8) is 0 Å². The van der Waals surface area contributed by atoms with Crippen molar-refractivity contribution in [2.45, 2.75) is 5.54 Å². The Kier molecular flexibility index (Phi) is 4.54. The van der Waals surface area contributed by atoms with Gasteiger partial charge in [-0.1, -0.05) is 48.5 Å². The highest BCUT2D eigenvalue weighted by atomic mass is 19.1. The molecule has 1 amide bonds. The first kappa shape index (κ1) is 18.7. The molecule has 146 valence electrons. The summed E-state index contributed by atoms with van der Waals surface area (Å²) >= 11 is 0. The van der Waals surface area contributed by atoms with Crippen molar-refractivity contribution in [3.8, 4) is 16.9 Å². The van der Waals surface area contributed by atoms with Crippen molar-refractivity contribution in [2.75, 3.05) is 14.2 Å². The molecule has 0 aliphatic carbocycles. The molecule has 1 unspecified atom stereocenters. The number of likely N-dealkylation sites (N-methyl/N-ethyl adjacent to an activating group) is 1. The minimum atomic E-state index is -1.36. The summed E-state index contributed by atoms with van der Waals surface area (Å²) < 4.78 is 20.0. The van der Waals surface area contributed by atoms with Crippen LogP contribution in [0.5, 0.6) is 5.75 Å². The molecule has 1 aliphatic heterocycles. The first-order chi connectivity index (χ1) is 14.0. The number of carbonyl (C=O) groups is 1. The topological polar surface area (TPSA) is 67.9 Å². The smallest absolute Gasteiger partial charge is 0.266 e. The number of methoxy groups -OCH3 is 1. The minimum Gasteiger partial charge on any atom is -0.497 e. The van der Waals surface area contributed by atoms with Crippen molar-refractivity contribution in [1.29, 1.82) is 0 Å². The number of nitrogens with two attached hydrogens (primary N) is 1. The number of hydrogen-bond acceptors (Lipinski definition) is 4. The molecule has 1 aliphatic rings. The molecule has 5 nitrogen and oxygen atoms in total. The molecule has 3 aromatic carbocycles. The maximum atomic E-state index is 14.8. The summed E-state index contributed by atoms with van der Waals surface area (Å²) in [4.78, 5) is 19.2. The van der Waals surface area contributed by atoms with Crippen LogP contribution in [0.4, 0.5) is 4.39 Å². The van der Waals surface area contributed by atoms with Gasteiger partial charge in [-0.05, 0) is 41.0 Å². The number of hydrogen-bond donors (Lipinski definition) is 1. The SMILES string of the molecule is COc1cccc(-c2cc(C3(c4ccccc4)N=C(N)N(C)C3=O)ccc2F)c1. The molecule has 1 atom stereocenters. The summed E-state index contributed by atoms with van der Waals surface area (Å²) in [6.07, 6.45) is 0. The zero-order valence-electron chi connectivity index (χ0n) is 16.1. The highest BCUT2D eigenvalue weighted by molar-refractivity contribution is 6.09. The molecular weight excluding hydrogens is 369 g/mol. The third-order valence-corrected chi connectivity index (χ3v) is 5.20. The van der Waals surface area contributed by atoms with Crippen molar-refractivity contribution in [2.24, 2.45) is 10.7 Å². The number of ether oxygens (including phenoxy) is 1. The van der Waals surface area contributed by atoms with Crippen LogP contribution < -0.4 is 10.5 Å². The Balaban J connectivity index is 1.95. The fraction of sp³-hybridized carbons (Fsp3) is 0.130. The zero-order valence-corrected chi connectivity index (χ0v) is 16.1. The zero-order chi connectivity index (χ0) is 20.6. The number of carbonyl (C=O) groups excluding carboxylic acids is 1. The van der Waals surface area contributed by atoms with Crippen molar-refractivity contribution in [1.82, 2.24) is 4.90 Å². The van der Waals surface area contributed by atoms with E-state index in [1.807, 2.05) is 30.3 Å². The van der Waals surface area contributed by atoms with E-state index in [1.165, 1.54) is 11.0 Å². The molecule has 4 rings (SSSR count). The fourth-order valence-electron chi connectivity index (χ4n) is 3.63. The van der Waals surface area contributed by atoms with Gasteiger partial charge in [0.1, 0.15) is 11.6 Å². The lowest BCUT2D eigenvalue weighted by Crippen LogP contribution is -2.41. The average molecular weight is 389 g/mol. The van der Waals surface area contributed by atoms with Crippen LogP contribution in [0.2, 0.25) is 0 Å². The summed E-state index contributed by atoms with van der Waals surface area (Å²) in [7, 11) is 3.14. The molecule has 0 aromatic heterocycles. The maximum Gasteiger partial charge on any atom is 0.266 e. The highest BCUT2D eigenvalue weighted by Gasteiger charge is 2.49. The summed E-state index contributed by atoms with van der Waals surface area (Å²) in [5.41, 5.74) is 6.85. The molecule has 0 radical (unpaired) electrons. The summed E-state index contributed by atoms with van der Waals surface area (Å²) in [5, 5.41) is 0. The Morgan fingerprint density at radius 1 is 1.00 bits per heavy atom. The van der Waals surface area contributed by atoms with E-state index in [2.05, 4.69) is 4.99 Å². The minimum absolute atomic E-state index is 0.117. The average Bonchev–Trinajstić information content (AvgIpc) is 2.99. The first-order valence-electron chi connectivity index (χ1n) is 9.11. The number of aliphatic imine (C=N–C) groups is 1. The van der Waals surface area contributed by atoms with Gasteiger partial charge >= 0.3 is 0 Å². The lowest BCUT2D eigenvalue weighted by atomic mass is 9.81. The lowest BCUT2D eigenvalue weighted by molar-refractivity contribution is -0.129. The largest absolute Gasteiger partial charge is 0.497 e. The van der Waals surface area contributed by atoms with E-state index in [-0.39, 0.29) is 11.9 Å². The Labute approximate surface area is 168 Å². The quantitative estimate of drug-likeness (QED) is 0.742. The van der Waals surface area contributed by atoms with E-state index in [1.54, 1.807) is 50.6 Å². The van der Waals surface area contributed by atoms with Gasteiger partial charge in [0, 0.05) is 12.6 Å². The van der Waals surface area contributed by atoms with Crippen LogP contribution in [0.15, 0.2) is 77.8 Å². The van der Waals surface area contributed by atoms with Gasteiger partial charge in [-0.3, -0.25) is 9.69 Å². The summed E-state index contributed by atoms with van der Waals surface area (Å²) in [5.74, 6) is 0.0421. The maximum absolute atomic E-state index is 14.8. The molecule has 0 fully saturated rings. The predicted octanol–water partition coefficient (Wildman–Crippen LogP) is 3.53. The second-order valence-corrected chi connectivity index (χ2v) is 6.84. The van der Waals surface area contributed by atoms with E-state index in [0.717, 1.165) is 0 Å². The number of rotatable bonds is 4. The lowest BCUT2D eigenvalue weighted by Gasteiger charge is -2.26. The monoisotopic (exact) mass is 389 g/mol. The molecule has 29 heavy (non-hydrogen) atoms. The Morgan fingerprint density at radius 3 is 2.41 bits per heavy atom. The Hall–Kier alpha value is -3.67. The van der Waals surface area contributed by atoms with Gasteiger partial charge in [0.15, 0.2) is 11.5 Å². The van der Waals surface area contributed by atoms with Gasteiger partial charge in [-0.25, -0.2) is 9.38 Å². The number of guanidine groups is 1. The van der Waals surface area contributed by atoms with Crippen LogP contribution in [-0.2, 0) is 10.3 Å². The molecular formula is C23H20FN3O2. The van der Waals surface area contributed by atoms with Gasteiger partial charge in [0.2, 0.25) is 0 Å². The second-order valence-electron chi connectivity index (χ2n) is 6.84. The number of amides is 1. The number of halogens is 1. The van der Waals surface area contributed by atoms with Gasteiger partial charge in [0.25, 0.3) is 5.91 Å². The molecule has 0 spiro atoms. The van der Waals surface area contributed by atoms with Crippen LogP contribution >= 0.6 is 0 Å². The first-order valence-corrected chi connectivity index (χ1v) is 9.11. The number of nitrogens with zero attached hydrogens (tertiary/aromatic N) is 2. The van der Waals surface area contributed by atoms with Crippen molar-refractivity contribution >= 4 is 11.9 Å². The normalized spacial score (nSPS) is 18.7. The Morgan fingerprint density at radius 2 is 1.76 bits per heavy atom. The third-order valence-electron chi connectivity index (χ3n) is 5.20. The molecule has 1 heterocycles. The van der Waals surface area contributed by atoms with E-state index < -0.39 is 11.4 Å². The summed E-state index contributed by atoms with van der Waals surface area (Å²) in [6.45, 7) is 0. The van der Waals surface area contributed by atoms with Gasteiger partial charge in [-0.2, -0.15) is 0 Å². The fourth-order valence-corrected chi connectivity index (χ4v) is 3.63.